The first kappa shape index (κ1) is 16.9. The topological polar surface area (TPSA) is 40.4 Å². The number of hydrogen-bond acceptors (Lipinski definition) is 2. The van der Waals surface area contributed by atoms with Crippen molar-refractivity contribution < 1.29 is 28.4 Å². The predicted molar refractivity (Wildman–Crippen MR) is 76.5 cm³/mol. The van der Waals surface area contributed by atoms with Gasteiger partial charge < -0.3 is 10.1 Å². The van der Waals surface area contributed by atoms with E-state index in [9.17, 15) is 4.79 Å². The average molecular weight is 265 g/mol. The molecule has 1 unspecified atom stereocenters. The largest absolute Gasteiger partial charge is 1.00 e. The van der Waals surface area contributed by atoms with E-state index in [1.54, 1.807) is 12.1 Å². The number of amides is 1. The molecule has 1 aliphatic carbocycles. The number of ether oxygens (including phenoxy) is 1. The molecule has 1 atom stereocenters. The molecule has 20 heavy (non-hydrogen) atoms. The Morgan fingerprint density at radius 2 is 2.00 bits per heavy atom. The zero-order chi connectivity index (χ0) is 13.9. The molecule has 1 saturated carbocycles. The minimum Gasteiger partial charge on any atom is -0.591 e. The maximum Gasteiger partial charge on any atom is 1.00 e. The molecule has 4 heteroatoms. The molecule has 1 fully saturated rings. The van der Waals surface area contributed by atoms with Gasteiger partial charge in [0.2, 0.25) is 6.09 Å². The summed E-state index contributed by atoms with van der Waals surface area (Å²) >= 11 is 0. The van der Waals surface area contributed by atoms with Crippen molar-refractivity contribution in [1.29, 1.82) is 0 Å². The smallest absolute Gasteiger partial charge is 0.591 e. The van der Waals surface area contributed by atoms with Crippen molar-refractivity contribution in [2.45, 2.75) is 39.7 Å². The normalized spacial score (nSPS) is 22.1. The Labute approximate surface area is 133 Å². The van der Waals surface area contributed by atoms with E-state index < -0.39 is 6.09 Å². The summed E-state index contributed by atoms with van der Waals surface area (Å²) in [6.45, 7) is 6.38. The molecule has 0 aromatic heterocycles. The van der Waals surface area contributed by atoms with Crippen LogP contribution in [0, 0.1) is 5.41 Å². The first-order chi connectivity index (χ1) is 9.00. The van der Waals surface area contributed by atoms with Crippen LogP contribution in [0.15, 0.2) is 42.0 Å². The summed E-state index contributed by atoms with van der Waals surface area (Å²) in [5.41, 5.74) is 2.02. The van der Waals surface area contributed by atoms with Gasteiger partial charge in [-0.1, -0.05) is 50.3 Å². The summed E-state index contributed by atoms with van der Waals surface area (Å²) in [5.74, 6) is 0. The Morgan fingerprint density at radius 1 is 1.35 bits per heavy atom. The molecular formula is C16H20LiNO2. The maximum absolute atomic E-state index is 11.8. The van der Waals surface area contributed by atoms with Crippen LogP contribution in [0.3, 0.4) is 0 Å². The average Bonchev–Trinajstić information content (AvgIpc) is 2.64. The van der Waals surface area contributed by atoms with E-state index in [1.807, 2.05) is 25.1 Å². The van der Waals surface area contributed by atoms with E-state index in [2.05, 4.69) is 25.2 Å². The third kappa shape index (κ3) is 4.44. The van der Waals surface area contributed by atoms with E-state index in [0.29, 0.717) is 5.69 Å². The van der Waals surface area contributed by atoms with Crippen LogP contribution in [0.1, 0.15) is 33.6 Å². The number of para-hydroxylation sites is 1. The molecule has 1 aromatic carbocycles. The SMILES string of the molecule is C/C=C1\CC(C)(C)CC1OC(=O)[N-]c1ccccc1.[Li+]. The second-order valence-electron chi connectivity index (χ2n) is 5.73. The van der Waals surface area contributed by atoms with Crippen molar-refractivity contribution in [2.75, 3.05) is 0 Å². The number of rotatable bonds is 2. The molecule has 1 aliphatic rings. The van der Waals surface area contributed by atoms with Crippen LogP contribution in [0.5, 0.6) is 0 Å². The van der Waals surface area contributed by atoms with Crippen molar-refractivity contribution in [3.8, 4) is 0 Å². The van der Waals surface area contributed by atoms with Crippen LogP contribution in [-0.4, -0.2) is 12.2 Å². The summed E-state index contributed by atoms with van der Waals surface area (Å²) in [6.07, 6.45) is 3.26. The molecule has 3 nitrogen and oxygen atoms in total. The van der Waals surface area contributed by atoms with Gasteiger partial charge in [-0.15, -0.1) is 5.69 Å². The van der Waals surface area contributed by atoms with Crippen LogP contribution in [-0.2, 0) is 4.74 Å². The molecule has 102 valence electrons. The van der Waals surface area contributed by atoms with Crippen LogP contribution in [0.2, 0.25) is 0 Å². The van der Waals surface area contributed by atoms with Crippen LogP contribution < -0.4 is 18.9 Å². The molecule has 2 rings (SSSR count). The minimum atomic E-state index is -0.506. The van der Waals surface area contributed by atoms with Gasteiger partial charge in [-0.3, -0.25) is 4.79 Å². The van der Waals surface area contributed by atoms with Crippen LogP contribution in [0.25, 0.3) is 5.32 Å². The van der Waals surface area contributed by atoms with Gasteiger partial charge in [-0.25, -0.2) is 0 Å². The van der Waals surface area contributed by atoms with Gasteiger partial charge in [0.25, 0.3) is 0 Å². The number of allylic oxidation sites excluding steroid dienone is 1. The van der Waals surface area contributed by atoms with Gasteiger partial charge >= 0.3 is 18.9 Å². The second kappa shape index (κ2) is 7.01. The fourth-order valence-electron chi connectivity index (χ4n) is 2.53. The summed E-state index contributed by atoms with van der Waals surface area (Å²) < 4.78 is 5.48. The van der Waals surface area contributed by atoms with Gasteiger partial charge in [0.05, 0.1) is 0 Å². The number of carbonyl (C=O) groups excluding carboxylic acids is 1. The van der Waals surface area contributed by atoms with E-state index in [0.717, 1.165) is 12.8 Å². The van der Waals surface area contributed by atoms with Crippen molar-refractivity contribution in [1.82, 2.24) is 0 Å². The first-order valence-electron chi connectivity index (χ1n) is 6.63. The molecule has 0 aliphatic heterocycles. The summed E-state index contributed by atoms with van der Waals surface area (Å²) in [6, 6.07) is 9.17. The van der Waals surface area contributed by atoms with Gasteiger partial charge in [-0.2, -0.15) is 0 Å². The Morgan fingerprint density at radius 3 is 2.60 bits per heavy atom. The van der Waals surface area contributed by atoms with Crippen molar-refractivity contribution >= 4 is 11.8 Å². The van der Waals surface area contributed by atoms with Crippen LogP contribution >= 0.6 is 0 Å². The molecule has 0 spiro atoms. The standard InChI is InChI=1S/C16H21NO2.Li/c1-4-12-10-16(2,3)11-14(12)19-15(18)17-13-8-6-5-7-9-13;/h4-9,14H,10-11H2,1-3H3,(H,17,18);/q;+1/p-1/b12-4+;. The van der Waals surface area contributed by atoms with Gasteiger partial charge in [-0.05, 0) is 30.8 Å². The maximum atomic E-state index is 11.8. The fraction of sp³-hybridized carbons (Fsp3) is 0.438. The summed E-state index contributed by atoms with van der Waals surface area (Å²) in [7, 11) is 0. The van der Waals surface area contributed by atoms with Gasteiger partial charge in [0.1, 0.15) is 6.10 Å². The number of benzene rings is 1. The Balaban J connectivity index is 0.00000200. The van der Waals surface area contributed by atoms with E-state index in [-0.39, 0.29) is 30.4 Å². The summed E-state index contributed by atoms with van der Waals surface area (Å²) in [4.78, 5) is 11.8. The monoisotopic (exact) mass is 265 g/mol. The zero-order valence-corrected chi connectivity index (χ0v) is 12.7. The predicted octanol–water partition coefficient (Wildman–Crippen LogP) is 1.97. The third-order valence-electron chi connectivity index (χ3n) is 3.42. The minimum absolute atomic E-state index is 0. The van der Waals surface area contributed by atoms with E-state index in [1.165, 1.54) is 5.57 Å². The molecule has 0 N–H and O–H groups in total. The number of carbonyl (C=O) groups is 1. The number of nitrogens with zero attached hydrogens (tertiary/aromatic N) is 1. The zero-order valence-electron chi connectivity index (χ0n) is 12.7. The quantitative estimate of drug-likeness (QED) is 0.606. The van der Waals surface area contributed by atoms with Crippen molar-refractivity contribution in [3.63, 3.8) is 0 Å². The summed E-state index contributed by atoms with van der Waals surface area (Å²) in [5, 5.41) is 3.95. The third-order valence-corrected chi connectivity index (χ3v) is 3.42. The molecule has 0 bridgehead atoms. The molecule has 0 heterocycles. The molecule has 1 amide bonds. The van der Waals surface area contributed by atoms with E-state index >= 15 is 0 Å². The molecule has 0 saturated heterocycles. The van der Waals surface area contributed by atoms with E-state index in [4.69, 9.17) is 4.74 Å². The molecular weight excluding hydrogens is 245 g/mol. The first-order valence-corrected chi connectivity index (χ1v) is 6.63. The van der Waals surface area contributed by atoms with Gasteiger partial charge in [0.15, 0.2) is 0 Å². The molecule has 1 aromatic rings. The Hall–Kier alpha value is -1.17. The number of hydrogen-bond donors (Lipinski definition) is 0. The van der Waals surface area contributed by atoms with Crippen LogP contribution in [0.4, 0.5) is 10.5 Å². The van der Waals surface area contributed by atoms with Gasteiger partial charge in [0, 0.05) is 0 Å². The fourth-order valence-corrected chi connectivity index (χ4v) is 2.53. The Kier molecular flexibility index (Phi) is 5.92. The molecule has 0 radical (unpaired) electrons. The van der Waals surface area contributed by atoms with Crippen molar-refractivity contribution in [2.24, 2.45) is 5.41 Å². The Bertz CT molecular complexity index is 483. The van der Waals surface area contributed by atoms with Crippen molar-refractivity contribution in [3.05, 3.63) is 47.3 Å². The second-order valence-corrected chi connectivity index (χ2v) is 5.73.